The Balaban J connectivity index is 0.00000182. The molecule has 2 unspecified atom stereocenters. The molecular weight excluding hydrogens is 339 g/mol. The summed E-state index contributed by atoms with van der Waals surface area (Å²) in [5.74, 6) is 1.35. The van der Waals surface area contributed by atoms with E-state index in [0.29, 0.717) is 17.9 Å². The topological polar surface area (TPSA) is 81.9 Å². The number of nitrogens with one attached hydrogen (secondary N) is 3. The number of likely N-dealkylation sites (tertiary alicyclic amines) is 1. The molecule has 2 aliphatic rings. The van der Waals surface area contributed by atoms with E-state index in [2.05, 4.69) is 25.5 Å². The van der Waals surface area contributed by atoms with Gasteiger partial charge in [0.25, 0.3) is 0 Å². The molecule has 126 valence electrons. The van der Waals surface area contributed by atoms with E-state index in [4.69, 9.17) is 5.41 Å². The third-order valence-electron chi connectivity index (χ3n) is 5.02. The number of rotatable bonds is 3. The molecule has 2 aliphatic heterocycles. The van der Waals surface area contributed by atoms with Gasteiger partial charge >= 0.3 is 51.4 Å². The second-order valence-corrected chi connectivity index (χ2v) is 6.75. The van der Waals surface area contributed by atoms with Gasteiger partial charge in [-0.2, -0.15) is 0 Å². The molecule has 25 heavy (non-hydrogen) atoms. The monoisotopic (exact) mass is 362 g/mol. The van der Waals surface area contributed by atoms with E-state index >= 15 is 0 Å². The van der Waals surface area contributed by atoms with Crippen molar-refractivity contribution in [1.82, 2.24) is 20.2 Å². The number of hydrogen-bond acceptors (Lipinski definition) is 3. The molecule has 0 radical (unpaired) electrons. The van der Waals surface area contributed by atoms with Gasteiger partial charge in [0.2, 0.25) is 0 Å². The van der Waals surface area contributed by atoms with Crippen LogP contribution in [-0.4, -0.2) is 52.9 Å². The van der Waals surface area contributed by atoms with Crippen LogP contribution in [0, 0.1) is 12.3 Å². The van der Waals surface area contributed by atoms with Crippen LogP contribution in [0.25, 0.3) is 16.6 Å². The Labute approximate surface area is 191 Å². The molecule has 4 heterocycles. The standard InChI is InChI=1S/C18H23N6.K/c1-11-7-12(5-6-21-11)16-8-15(18(20-2)23-16)17(19)24-9-13-3-4-14(10-24)22-13;/h5-8,13-14,19,22-23H,3-4,9-10H2,1-2H3;/q-1;+1. The van der Waals surface area contributed by atoms with E-state index in [1.807, 2.05) is 31.3 Å². The average molecular weight is 363 g/mol. The summed E-state index contributed by atoms with van der Waals surface area (Å²) in [7, 11) is 1.77. The van der Waals surface area contributed by atoms with Crippen molar-refractivity contribution >= 4 is 11.7 Å². The number of H-pyrrole nitrogens is 1. The number of aryl methyl sites for hydroxylation is 1. The summed E-state index contributed by atoms with van der Waals surface area (Å²) < 4.78 is 0. The van der Waals surface area contributed by atoms with Crippen molar-refractivity contribution in [3.8, 4) is 11.3 Å². The smallest absolute Gasteiger partial charge is 0.468 e. The van der Waals surface area contributed by atoms with Gasteiger partial charge in [-0.05, 0) is 49.2 Å². The minimum absolute atomic E-state index is 0. The second-order valence-electron chi connectivity index (χ2n) is 6.75. The largest absolute Gasteiger partial charge is 1.00 e. The molecule has 0 spiro atoms. The second kappa shape index (κ2) is 7.90. The maximum absolute atomic E-state index is 8.70. The molecule has 0 aliphatic carbocycles. The van der Waals surface area contributed by atoms with Crippen molar-refractivity contribution in [2.45, 2.75) is 31.8 Å². The zero-order chi connectivity index (χ0) is 16.7. The molecular formula is C18H23KN6. The van der Waals surface area contributed by atoms with Gasteiger partial charge in [0.1, 0.15) is 5.84 Å². The van der Waals surface area contributed by atoms with Crippen molar-refractivity contribution in [3.63, 3.8) is 0 Å². The van der Waals surface area contributed by atoms with E-state index in [9.17, 15) is 0 Å². The first-order valence-corrected chi connectivity index (χ1v) is 8.50. The molecule has 7 heteroatoms. The maximum Gasteiger partial charge on any atom is 1.00 e. The summed E-state index contributed by atoms with van der Waals surface area (Å²) in [6.07, 6.45) is 4.25. The normalized spacial score (nSPS) is 21.8. The van der Waals surface area contributed by atoms with E-state index in [-0.39, 0.29) is 51.4 Å². The van der Waals surface area contributed by atoms with Crippen LogP contribution in [-0.2, 0) is 0 Å². The van der Waals surface area contributed by atoms with Crippen molar-refractivity contribution in [3.05, 3.63) is 41.0 Å². The molecule has 0 amide bonds. The molecule has 2 bridgehead atoms. The predicted molar refractivity (Wildman–Crippen MR) is 96.1 cm³/mol. The molecule has 2 fully saturated rings. The van der Waals surface area contributed by atoms with Crippen molar-refractivity contribution in [2.75, 3.05) is 20.1 Å². The fraction of sp³-hybridized carbons (Fsp3) is 0.444. The van der Waals surface area contributed by atoms with Gasteiger partial charge in [-0.3, -0.25) is 10.4 Å². The summed E-state index contributed by atoms with van der Waals surface area (Å²) in [6, 6.07) is 7.11. The van der Waals surface area contributed by atoms with Crippen molar-refractivity contribution in [1.29, 1.82) is 5.41 Å². The number of aromatic amines is 1. The number of amidine groups is 1. The van der Waals surface area contributed by atoms with Gasteiger partial charge in [0, 0.05) is 42.6 Å². The van der Waals surface area contributed by atoms with Crippen molar-refractivity contribution < 1.29 is 51.4 Å². The zero-order valence-electron chi connectivity index (χ0n) is 15.1. The summed E-state index contributed by atoms with van der Waals surface area (Å²) in [4.78, 5) is 9.80. The Morgan fingerprint density at radius 1 is 1.28 bits per heavy atom. The Bertz CT molecular complexity index is 759. The average Bonchev–Trinajstić information content (AvgIpc) is 3.17. The Morgan fingerprint density at radius 2 is 2.00 bits per heavy atom. The van der Waals surface area contributed by atoms with Gasteiger partial charge in [-0.15, -0.1) is 0 Å². The Hall–Kier alpha value is -0.704. The van der Waals surface area contributed by atoms with Gasteiger partial charge in [-0.25, -0.2) is 0 Å². The van der Waals surface area contributed by atoms with Crippen LogP contribution < -0.4 is 56.7 Å². The number of fused-ring (bicyclic) bond motifs is 2. The number of aromatic nitrogens is 2. The third-order valence-corrected chi connectivity index (χ3v) is 5.02. The first-order chi connectivity index (χ1) is 11.6. The van der Waals surface area contributed by atoms with Crippen LogP contribution in [0.4, 0.5) is 5.82 Å². The SMILES string of the molecule is C[N-]c1[nH]c(-c2ccnc(C)c2)cc1C(=N)N1CC2CCC(C1)N2.[K+]. The first-order valence-electron chi connectivity index (χ1n) is 8.50. The molecule has 3 N–H and O–H groups in total. The van der Waals surface area contributed by atoms with Crippen LogP contribution in [0.3, 0.4) is 0 Å². The van der Waals surface area contributed by atoms with Crippen LogP contribution in [0.1, 0.15) is 24.1 Å². The molecule has 2 atom stereocenters. The fourth-order valence-corrected chi connectivity index (χ4v) is 3.82. The van der Waals surface area contributed by atoms with Gasteiger partial charge in [-0.1, -0.05) is 12.9 Å². The number of nitrogens with zero attached hydrogens (tertiary/aromatic N) is 3. The molecule has 2 saturated heterocycles. The van der Waals surface area contributed by atoms with Gasteiger partial charge < -0.3 is 20.5 Å². The van der Waals surface area contributed by atoms with Crippen LogP contribution in [0.15, 0.2) is 24.4 Å². The van der Waals surface area contributed by atoms with E-state index < -0.39 is 0 Å². The molecule has 4 rings (SSSR count). The van der Waals surface area contributed by atoms with Gasteiger partial charge in [0.05, 0.1) is 0 Å². The first kappa shape index (κ1) is 19.1. The van der Waals surface area contributed by atoms with Crippen molar-refractivity contribution in [2.24, 2.45) is 0 Å². The van der Waals surface area contributed by atoms with Crippen LogP contribution in [0.5, 0.6) is 0 Å². The quantitative estimate of drug-likeness (QED) is 0.401. The Morgan fingerprint density at radius 3 is 2.64 bits per heavy atom. The number of piperazine rings is 1. The molecule has 2 aromatic heterocycles. The van der Waals surface area contributed by atoms with E-state index in [0.717, 1.165) is 41.4 Å². The molecule has 2 aromatic rings. The van der Waals surface area contributed by atoms with Crippen LogP contribution in [0.2, 0.25) is 0 Å². The summed E-state index contributed by atoms with van der Waals surface area (Å²) in [5, 5.41) is 16.7. The predicted octanol–water partition coefficient (Wildman–Crippen LogP) is -0.214. The van der Waals surface area contributed by atoms with E-state index in [1.54, 1.807) is 7.05 Å². The summed E-state index contributed by atoms with van der Waals surface area (Å²) in [6.45, 7) is 3.80. The summed E-state index contributed by atoms with van der Waals surface area (Å²) in [5.41, 5.74) is 3.92. The minimum atomic E-state index is 0. The van der Waals surface area contributed by atoms with Crippen LogP contribution >= 0.6 is 0 Å². The molecule has 0 aromatic carbocycles. The summed E-state index contributed by atoms with van der Waals surface area (Å²) >= 11 is 0. The van der Waals surface area contributed by atoms with Gasteiger partial charge in [0.15, 0.2) is 0 Å². The fourth-order valence-electron chi connectivity index (χ4n) is 3.82. The minimum Gasteiger partial charge on any atom is -0.468 e. The molecule has 6 nitrogen and oxygen atoms in total. The number of hydrogen-bond donors (Lipinski definition) is 3. The molecule has 0 saturated carbocycles. The number of pyridine rings is 1. The maximum atomic E-state index is 8.70. The Kier molecular flexibility index (Phi) is 6.02. The van der Waals surface area contributed by atoms with E-state index in [1.165, 1.54) is 12.8 Å². The third kappa shape index (κ3) is 3.86. The zero-order valence-corrected chi connectivity index (χ0v) is 18.3.